The maximum Gasteiger partial charge on any atom is 0.287 e. The SMILES string of the molecule is CCCCNC(=O)c1nc(C(=O)Nc2c(CC)cccc2CC)c2n1CCCC2. The fraction of sp³-hybridized carbons (Fsp3) is 0.522. The summed E-state index contributed by atoms with van der Waals surface area (Å²) in [4.78, 5) is 30.4. The molecule has 0 bridgehead atoms. The van der Waals surface area contributed by atoms with Crippen LogP contribution in [0.25, 0.3) is 0 Å². The van der Waals surface area contributed by atoms with Gasteiger partial charge >= 0.3 is 0 Å². The van der Waals surface area contributed by atoms with Gasteiger partial charge in [-0.05, 0) is 49.7 Å². The molecule has 6 nitrogen and oxygen atoms in total. The van der Waals surface area contributed by atoms with Crippen LogP contribution in [-0.4, -0.2) is 27.9 Å². The Bertz CT molecular complexity index is 863. The summed E-state index contributed by atoms with van der Waals surface area (Å²) in [6, 6.07) is 6.12. The lowest BCUT2D eigenvalue weighted by Crippen LogP contribution is -2.28. The van der Waals surface area contributed by atoms with Crippen molar-refractivity contribution in [2.75, 3.05) is 11.9 Å². The van der Waals surface area contributed by atoms with Crippen molar-refractivity contribution in [2.45, 2.75) is 72.3 Å². The highest BCUT2D eigenvalue weighted by Crippen LogP contribution is 2.26. The van der Waals surface area contributed by atoms with Gasteiger partial charge in [0.05, 0.1) is 5.69 Å². The summed E-state index contributed by atoms with van der Waals surface area (Å²) in [5.74, 6) is -0.0526. The van der Waals surface area contributed by atoms with Crippen molar-refractivity contribution in [3.63, 3.8) is 0 Å². The van der Waals surface area contributed by atoms with Gasteiger partial charge in [-0.2, -0.15) is 0 Å². The number of carbonyl (C=O) groups is 2. The predicted molar refractivity (Wildman–Crippen MR) is 116 cm³/mol. The maximum atomic E-state index is 13.2. The molecule has 0 aliphatic carbocycles. The zero-order valence-corrected chi connectivity index (χ0v) is 17.8. The molecule has 1 aromatic carbocycles. The Morgan fingerprint density at radius 1 is 1.07 bits per heavy atom. The average Bonchev–Trinajstić information content (AvgIpc) is 3.14. The van der Waals surface area contributed by atoms with Gasteiger partial charge < -0.3 is 15.2 Å². The topological polar surface area (TPSA) is 76.0 Å². The summed E-state index contributed by atoms with van der Waals surface area (Å²) in [6.45, 7) is 7.62. The van der Waals surface area contributed by atoms with Crippen molar-refractivity contribution in [3.8, 4) is 0 Å². The molecule has 2 amide bonds. The standard InChI is InChI=1S/C23H32N4O2/c1-4-7-14-24-23(29)21-25-20(18-13-8-9-15-27(18)21)22(28)26-19-16(5-2)11-10-12-17(19)6-3/h10-12H,4-9,13-15H2,1-3H3,(H,24,29)(H,26,28). The third kappa shape index (κ3) is 4.52. The number of nitrogens with zero attached hydrogens (tertiary/aromatic N) is 2. The fourth-order valence-electron chi connectivity index (χ4n) is 3.93. The Balaban J connectivity index is 1.91. The number of aromatic nitrogens is 2. The van der Waals surface area contributed by atoms with Crippen molar-refractivity contribution in [2.24, 2.45) is 0 Å². The molecule has 2 heterocycles. The van der Waals surface area contributed by atoms with Gasteiger partial charge in [-0.25, -0.2) is 4.98 Å². The molecule has 0 fully saturated rings. The van der Waals surface area contributed by atoms with Crippen LogP contribution in [0.3, 0.4) is 0 Å². The Kier molecular flexibility index (Phi) is 7.07. The number of nitrogens with one attached hydrogen (secondary N) is 2. The van der Waals surface area contributed by atoms with Crippen LogP contribution in [0.5, 0.6) is 0 Å². The second kappa shape index (κ2) is 9.72. The number of para-hydroxylation sites is 1. The van der Waals surface area contributed by atoms with E-state index in [1.807, 2.05) is 22.8 Å². The van der Waals surface area contributed by atoms with Gasteiger partial charge in [0.1, 0.15) is 0 Å². The normalized spacial score (nSPS) is 13.1. The number of hydrogen-bond donors (Lipinski definition) is 2. The monoisotopic (exact) mass is 396 g/mol. The molecule has 2 N–H and O–H groups in total. The van der Waals surface area contributed by atoms with Gasteiger partial charge in [0.25, 0.3) is 11.8 Å². The van der Waals surface area contributed by atoms with Gasteiger partial charge in [0, 0.05) is 18.8 Å². The van der Waals surface area contributed by atoms with Crippen LogP contribution in [0.15, 0.2) is 18.2 Å². The smallest absolute Gasteiger partial charge is 0.287 e. The van der Waals surface area contributed by atoms with Crippen LogP contribution in [-0.2, 0) is 25.8 Å². The number of carbonyl (C=O) groups excluding carboxylic acids is 2. The predicted octanol–water partition coefficient (Wildman–Crippen LogP) is 4.13. The van der Waals surface area contributed by atoms with Crippen molar-refractivity contribution in [3.05, 3.63) is 46.5 Å². The van der Waals surface area contributed by atoms with E-state index in [-0.39, 0.29) is 11.8 Å². The van der Waals surface area contributed by atoms with Crippen molar-refractivity contribution >= 4 is 17.5 Å². The summed E-state index contributed by atoms with van der Waals surface area (Å²) >= 11 is 0. The highest BCUT2D eigenvalue weighted by atomic mass is 16.2. The quantitative estimate of drug-likeness (QED) is 0.659. The third-order valence-electron chi connectivity index (χ3n) is 5.59. The highest BCUT2D eigenvalue weighted by Gasteiger charge is 2.28. The van der Waals surface area contributed by atoms with Gasteiger partial charge in [0.2, 0.25) is 0 Å². The van der Waals surface area contributed by atoms with E-state index in [9.17, 15) is 9.59 Å². The largest absolute Gasteiger partial charge is 0.349 e. The lowest BCUT2D eigenvalue weighted by Gasteiger charge is -2.18. The van der Waals surface area contributed by atoms with E-state index in [0.29, 0.717) is 18.1 Å². The number of aryl methyl sites for hydroxylation is 2. The Labute approximate surface area is 173 Å². The average molecular weight is 397 g/mol. The molecule has 2 aromatic rings. The second-order valence-electron chi connectivity index (χ2n) is 7.56. The van der Waals surface area contributed by atoms with Crippen LogP contribution in [0.2, 0.25) is 0 Å². The zero-order valence-electron chi connectivity index (χ0n) is 17.8. The number of anilines is 1. The fourth-order valence-corrected chi connectivity index (χ4v) is 3.93. The minimum absolute atomic E-state index is 0.191. The Morgan fingerprint density at radius 3 is 2.45 bits per heavy atom. The molecule has 6 heteroatoms. The lowest BCUT2D eigenvalue weighted by atomic mass is 10.0. The zero-order chi connectivity index (χ0) is 20.8. The van der Waals surface area contributed by atoms with Crippen LogP contribution in [0.4, 0.5) is 5.69 Å². The summed E-state index contributed by atoms with van der Waals surface area (Å²) in [5.41, 5.74) is 4.38. The van der Waals surface area contributed by atoms with Gasteiger partial charge in [-0.3, -0.25) is 9.59 Å². The molecule has 156 valence electrons. The highest BCUT2D eigenvalue weighted by molar-refractivity contribution is 6.05. The molecule has 0 spiro atoms. The number of amides is 2. The Morgan fingerprint density at radius 2 is 1.79 bits per heavy atom. The van der Waals surface area contributed by atoms with Gasteiger partial charge in [-0.15, -0.1) is 0 Å². The molecule has 1 aliphatic rings. The molecule has 0 saturated carbocycles. The van der Waals surface area contributed by atoms with Crippen LogP contribution in [0.1, 0.15) is 84.4 Å². The van der Waals surface area contributed by atoms with E-state index in [0.717, 1.165) is 74.0 Å². The molecule has 1 aromatic heterocycles. The summed E-state index contributed by atoms with van der Waals surface area (Å²) in [7, 11) is 0. The summed E-state index contributed by atoms with van der Waals surface area (Å²) in [6.07, 6.45) is 6.41. The van der Waals surface area contributed by atoms with Gasteiger partial charge in [-0.1, -0.05) is 45.4 Å². The van der Waals surface area contributed by atoms with Crippen LogP contribution < -0.4 is 10.6 Å². The first-order valence-corrected chi connectivity index (χ1v) is 10.9. The third-order valence-corrected chi connectivity index (χ3v) is 5.59. The molecule has 29 heavy (non-hydrogen) atoms. The minimum atomic E-state index is -0.223. The summed E-state index contributed by atoms with van der Waals surface area (Å²) in [5, 5.41) is 6.04. The number of benzene rings is 1. The van der Waals surface area contributed by atoms with E-state index in [1.54, 1.807) is 0 Å². The number of fused-ring (bicyclic) bond motifs is 1. The molecule has 3 rings (SSSR count). The molecular formula is C23H32N4O2. The Hall–Kier alpha value is -2.63. The van der Waals surface area contributed by atoms with E-state index < -0.39 is 0 Å². The number of hydrogen-bond acceptors (Lipinski definition) is 3. The summed E-state index contributed by atoms with van der Waals surface area (Å²) < 4.78 is 1.94. The van der Waals surface area contributed by atoms with Gasteiger partial charge in [0.15, 0.2) is 11.5 Å². The van der Waals surface area contributed by atoms with E-state index >= 15 is 0 Å². The number of imidazole rings is 1. The minimum Gasteiger partial charge on any atom is -0.349 e. The number of unbranched alkanes of at least 4 members (excludes halogenated alkanes) is 1. The van der Waals surface area contributed by atoms with Crippen molar-refractivity contribution in [1.29, 1.82) is 0 Å². The van der Waals surface area contributed by atoms with E-state index in [2.05, 4.69) is 36.4 Å². The van der Waals surface area contributed by atoms with Crippen molar-refractivity contribution < 1.29 is 9.59 Å². The second-order valence-corrected chi connectivity index (χ2v) is 7.56. The molecule has 1 aliphatic heterocycles. The lowest BCUT2D eigenvalue weighted by molar-refractivity contribution is 0.0937. The molecule has 0 saturated heterocycles. The van der Waals surface area contributed by atoms with Crippen LogP contribution in [0, 0.1) is 0 Å². The molecule has 0 unspecified atom stereocenters. The molecular weight excluding hydrogens is 364 g/mol. The molecule has 0 radical (unpaired) electrons. The van der Waals surface area contributed by atoms with Crippen LogP contribution >= 0.6 is 0 Å². The van der Waals surface area contributed by atoms with E-state index in [4.69, 9.17) is 0 Å². The molecule has 0 atom stereocenters. The first-order chi connectivity index (χ1) is 14.1. The first kappa shape index (κ1) is 21.1. The van der Waals surface area contributed by atoms with E-state index in [1.165, 1.54) is 0 Å². The first-order valence-electron chi connectivity index (χ1n) is 10.9. The van der Waals surface area contributed by atoms with Crippen molar-refractivity contribution in [1.82, 2.24) is 14.9 Å². The number of rotatable bonds is 8. The maximum absolute atomic E-state index is 13.2.